The Morgan fingerprint density at radius 1 is 1.40 bits per heavy atom. The SMILES string of the molecule is CCOc1cc(C(C)C)c(C=O)cc1C. The molecule has 2 heteroatoms. The van der Waals surface area contributed by atoms with Gasteiger partial charge in [-0.15, -0.1) is 0 Å². The van der Waals surface area contributed by atoms with Crippen LogP contribution in [0.5, 0.6) is 5.75 Å². The number of carbonyl (C=O) groups excluding carboxylic acids is 1. The van der Waals surface area contributed by atoms with Crippen molar-refractivity contribution in [1.82, 2.24) is 0 Å². The molecule has 0 bridgehead atoms. The van der Waals surface area contributed by atoms with Crippen molar-refractivity contribution >= 4 is 6.29 Å². The van der Waals surface area contributed by atoms with Crippen molar-refractivity contribution in [2.45, 2.75) is 33.6 Å². The number of hydrogen-bond acceptors (Lipinski definition) is 2. The molecule has 0 spiro atoms. The molecule has 0 amide bonds. The largest absolute Gasteiger partial charge is 0.494 e. The van der Waals surface area contributed by atoms with Crippen LogP contribution in [0.1, 0.15) is 48.2 Å². The summed E-state index contributed by atoms with van der Waals surface area (Å²) in [5.74, 6) is 1.22. The van der Waals surface area contributed by atoms with E-state index in [1.807, 2.05) is 26.0 Å². The molecule has 1 aromatic rings. The number of benzene rings is 1. The zero-order valence-corrected chi connectivity index (χ0v) is 9.83. The van der Waals surface area contributed by atoms with Crippen LogP contribution in [0, 0.1) is 6.92 Å². The van der Waals surface area contributed by atoms with Gasteiger partial charge in [-0.2, -0.15) is 0 Å². The average molecular weight is 206 g/mol. The Balaban J connectivity index is 3.23. The summed E-state index contributed by atoms with van der Waals surface area (Å²) in [6.45, 7) is 8.73. The third-order valence-electron chi connectivity index (χ3n) is 2.43. The van der Waals surface area contributed by atoms with Gasteiger partial charge >= 0.3 is 0 Å². The van der Waals surface area contributed by atoms with Crippen molar-refractivity contribution < 1.29 is 9.53 Å². The Hall–Kier alpha value is -1.31. The molecule has 0 fully saturated rings. The van der Waals surface area contributed by atoms with Gasteiger partial charge in [0, 0.05) is 5.56 Å². The van der Waals surface area contributed by atoms with E-state index < -0.39 is 0 Å². The maximum atomic E-state index is 10.9. The number of hydrogen-bond donors (Lipinski definition) is 0. The molecule has 0 heterocycles. The molecule has 1 aromatic carbocycles. The van der Waals surface area contributed by atoms with Crippen molar-refractivity contribution in [3.8, 4) is 5.75 Å². The molecule has 0 saturated carbocycles. The molecule has 0 aromatic heterocycles. The lowest BCUT2D eigenvalue weighted by Crippen LogP contribution is -2.00. The van der Waals surface area contributed by atoms with E-state index in [4.69, 9.17) is 4.74 Å². The van der Waals surface area contributed by atoms with Gasteiger partial charge in [-0.05, 0) is 43.0 Å². The van der Waals surface area contributed by atoms with Gasteiger partial charge in [0.15, 0.2) is 0 Å². The Bertz CT molecular complexity index is 354. The molecule has 0 aliphatic carbocycles. The van der Waals surface area contributed by atoms with Crippen LogP contribution in [0.4, 0.5) is 0 Å². The molecular weight excluding hydrogens is 188 g/mol. The van der Waals surface area contributed by atoms with Crippen LogP contribution in [-0.2, 0) is 0 Å². The second-order valence-electron chi connectivity index (χ2n) is 3.95. The second-order valence-corrected chi connectivity index (χ2v) is 3.95. The number of aldehydes is 1. The lowest BCUT2D eigenvalue weighted by molar-refractivity contribution is 0.112. The first-order valence-corrected chi connectivity index (χ1v) is 5.32. The highest BCUT2D eigenvalue weighted by Gasteiger charge is 2.10. The molecule has 0 atom stereocenters. The molecule has 0 radical (unpaired) electrons. The maximum absolute atomic E-state index is 10.9. The van der Waals surface area contributed by atoms with Gasteiger partial charge in [0.05, 0.1) is 6.61 Å². The lowest BCUT2D eigenvalue weighted by Gasteiger charge is -2.14. The summed E-state index contributed by atoms with van der Waals surface area (Å²) in [6, 6.07) is 3.88. The Morgan fingerprint density at radius 2 is 2.07 bits per heavy atom. The maximum Gasteiger partial charge on any atom is 0.150 e. The number of aryl methyl sites for hydroxylation is 1. The van der Waals surface area contributed by atoms with Crippen LogP contribution in [-0.4, -0.2) is 12.9 Å². The molecule has 0 aliphatic heterocycles. The summed E-state index contributed by atoms with van der Waals surface area (Å²) in [7, 11) is 0. The predicted molar refractivity (Wildman–Crippen MR) is 61.8 cm³/mol. The number of carbonyl (C=O) groups is 1. The fourth-order valence-corrected chi connectivity index (χ4v) is 1.64. The van der Waals surface area contributed by atoms with Gasteiger partial charge < -0.3 is 4.74 Å². The quantitative estimate of drug-likeness (QED) is 0.706. The molecule has 2 nitrogen and oxygen atoms in total. The highest BCUT2D eigenvalue weighted by atomic mass is 16.5. The molecule has 0 saturated heterocycles. The van der Waals surface area contributed by atoms with Crippen LogP contribution < -0.4 is 4.74 Å². The topological polar surface area (TPSA) is 26.3 Å². The highest BCUT2D eigenvalue weighted by Crippen LogP contribution is 2.27. The summed E-state index contributed by atoms with van der Waals surface area (Å²) in [6.07, 6.45) is 0.915. The van der Waals surface area contributed by atoms with Gasteiger partial charge in [0.25, 0.3) is 0 Å². The van der Waals surface area contributed by atoms with Crippen LogP contribution in [0.3, 0.4) is 0 Å². The third-order valence-corrected chi connectivity index (χ3v) is 2.43. The first-order valence-electron chi connectivity index (χ1n) is 5.32. The van der Waals surface area contributed by atoms with Crippen molar-refractivity contribution in [2.24, 2.45) is 0 Å². The molecule has 0 N–H and O–H groups in total. The van der Waals surface area contributed by atoms with Crippen LogP contribution in [0.2, 0.25) is 0 Å². The smallest absolute Gasteiger partial charge is 0.150 e. The molecule has 15 heavy (non-hydrogen) atoms. The Morgan fingerprint density at radius 3 is 2.53 bits per heavy atom. The average Bonchev–Trinajstić information content (AvgIpc) is 2.20. The summed E-state index contributed by atoms with van der Waals surface area (Å²) in [5.41, 5.74) is 2.84. The Labute approximate surface area is 91.3 Å². The highest BCUT2D eigenvalue weighted by molar-refractivity contribution is 5.78. The fourth-order valence-electron chi connectivity index (χ4n) is 1.64. The van der Waals surface area contributed by atoms with E-state index in [9.17, 15) is 4.79 Å². The summed E-state index contributed by atoms with van der Waals surface area (Å²) in [4.78, 5) is 10.9. The van der Waals surface area contributed by atoms with Crippen molar-refractivity contribution in [3.63, 3.8) is 0 Å². The first kappa shape index (κ1) is 11.8. The van der Waals surface area contributed by atoms with E-state index in [1.165, 1.54) is 0 Å². The van der Waals surface area contributed by atoms with Crippen LogP contribution in [0.15, 0.2) is 12.1 Å². The number of ether oxygens (including phenoxy) is 1. The van der Waals surface area contributed by atoms with Gasteiger partial charge in [-0.3, -0.25) is 4.79 Å². The second kappa shape index (κ2) is 4.96. The number of rotatable bonds is 4. The molecular formula is C13H18O2. The van der Waals surface area contributed by atoms with Gasteiger partial charge in [0.2, 0.25) is 0 Å². The molecule has 0 aliphatic rings. The van der Waals surface area contributed by atoms with Crippen molar-refractivity contribution in [2.75, 3.05) is 6.61 Å². The lowest BCUT2D eigenvalue weighted by atomic mass is 9.95. The zero-order chi connectivity index (χ0) is 11.4. The normalized spacial score (nSPS) is 10.5. The molecule has 1 rings (SSSR count). The minimum Gasteiger partial charge on any atom is -0.494 e. The van der Waals surface area contributed by atoms with E-state index in [1.54, 1.807) is 0 Å². The minimum absolute atomic E-state index is 0.338. The van der Waals surface area contributed by atoms with E-state index >= 15 is 0 Å². The summed E-state index contributed by atoms with van der Waals surface area (Å²) >= 11 is 0. The van der Waals surface area contributed by atoms with E-state index in [2.05, 4.69) is 13.8 Å². The van der Waals surface area contributed by atoms with Crippen molar-refractivity contribution in [3.05, 3.63) is 28.8 Å². The van der Waals surface area contributed by atoms with E-state index in [0.717, 1.165) is 28.7 Å². The van der Waals surface area contributed by atoms with Crippen LogP contribution in [0.25, 0.3) is 0 Å². The minimum atomic E-state index is 0.338. The summed E-state index contributed by atoms with van der Waals surface area (Å²) < 4.78 is 5.51. The van der Waals surface area contributed by atoms with Gasteiger partial charge in [-0.25, -0.2) is 0 Å². The zero-order valence-electron chi connectivity index (χ0n) is 9.83. The predicted octanol–water partition coefficient (Wildman–Crippen LogP) is 3.33. The van der Waals surface area contributed by atoms with E-state index in [-0.39, 0.29) is 0 Å². The Kier molecular flexibility index (Phi) is 3.89. The third kappa shape index (κ3) is 2.58. The van der Waals surface area contributed by atoms with Gasteiger partial charge in [-0.1, -0.05) is 13.8 Å². The van der Waals surface area contributed by atoms with Crippen LogP contribution >= 0.6 is 0 Å². The van der Waals surface area contributed by atoms with Gasteiger partial charge in [0.1, 0.15) is 12.0 Å². The standard InChI is InChI=1S/C13H18O2/c1-5-15-13-7-12(9(2)3)11(8-14)6-10(13)4/h6-9H,5H2,1-4H3. The first-order chi connectivity index (χ1) is 7.10. The molecule has 0 unspecified atom stereocenters. The van der Waals surface area contributed by atoms with Crippen molar-refractivity contribution in [1.29, 1.82) is 0 Å². The summed E-state index contributed by atoms with van der Waals surface area (Å²) in [5, 5.41) is 0. The molecule has 82 valence electrons. The van der Waals surface area contributed by atoms with E-state index in [0.29, 0.717) is 12.5 Å². The monoisotopic (exact) mass is 206 g/mol. The fraction of sp³-hybridized carbons (Fsp3) is 0.462.